The molecule has 0 aliphatic carbocycles. The summed E-state index contributed by atoms with van der Waals surface area (Å²) in [6.07, 6.45) is 0. The van der Waals surface area contributed by atoms with Crippen LogP contribution in [0.5, 0.6) is 0 Å². The third-order valence-corrected chi connectivity index (χ3v) is 2.55. The van der Waals surface area contributed by atoms with E-state index in [1.807, 2.05) is 0 Å². The van der Waals surface area contributed by atoms with Crippen LogP contribution in [0.3, 0.4) is 0 Å². The molecule has 3 heteroatoms. The van der Waals surface area contributed by atoms with E-state index < -0.39 is 0 Å². The summed E-state index contributed by atoms with van der Waals surface area (Å²) in [5.41, 5.74) is 0. The van der Waals surface area contributed by atoms with Gasteiger partial charge in [0.1, 0.15) is 0 Å². The zero-order valence-corrected chi connectivity index (χ0v) is 7.54. The van der Waals surface area contributed by atoms with Crippen molar-refractivity contribution in [3.8, 4) is 0 Å². The molecule has 0 aromatic heterocycles. The molecule has 0 atom stereocenters. The third kappa shape index (κ3) is 5.43. The summed E-state index contributed by atoms with van der Waals surface area (Å²) in [4.78, 5) is 1.80. The van der Waals surface area contributed by atoms with Gasteiger partial charge in [0, 0.05) is 4.99 Å². The van der Waals surface area contributed by atoms with E-state index in [1.165, 1.54) is 0 Å². The predicted molar refractivity (Wildman–Crippen MR) is 40.0 cm³/mol. The number of hydrogen-bond donors (Lipinski definition) is 0. The van der Waals surface area contributed by atoms with E-state index in [-0.39, 0.29) is 0 Å². The van der Waals surface area contributed by atoms with Crippen LogP contribution >= 0.6 is 54.5 Å². The third-order valence-electron chi connectivity index (χ3n) is 0.0825. The van der Waals surface area contributed by atoms with Crippen LogP contribution in [0.25, 0.3) is 0 Å². The van der Waals surface area contributed by atoms with E-state index >= 15 is 0 Å². The van der Waals surface area contributed by atoms with Gasteiger partial charge in [-0.2, -0.15) is 0 Å². The molecule has 0 saturated heterocycles. The lowest BCUT2D eigenvalue weighted by Gasteiger charge is -1.66. The lowest BCUT2D eigenvalue weighted by molar-refractivity contribution is 2.60. The highest BCUT2D eigenvalue weighted by atomic mass is 127. The fraction of sp³-hybridized carbons (Fsp3) is 0. The number of hydrogen-bond acceptors (Lipinski definition) is 0. The molecule has 0 bridgehead atoms. The minimum Gasteiger partial charge on any atom is -0.0578 e. The molecule has 0 radical (unpaired) electrons. The molecule has 0 nitrogen and oxygen atoms in total. The summed E-state index contributed by atoms with van der Waals surface area (Å²) in [6, 6.07) is 0. The Morgan fingerprint density at radius 1 is 1.80 bits per heavy atom. The molecule has 0 spiro atoms. The van der Waals surface area contributed by atoms with Gasteiger partial charge in [-0.1, -0.05) is 15.9 Å². The molecule has 0 fully saturated rings. The van der Waals surface area contributed by atoms with Gasteiger partial charge in [0.15, 0.2) is 0 Å². The SMILES string of the molecule is Br/C=C(/Br)I. The highest BCUT2D eigenvalue weighted by molar-refractivity contribution is 14.1. The van der Waals surface area contributed by atoms with Crippen molar-refractivity contribution in [1.82, 2.24) is 0 Å². The first-order valence-electron chi connectivity index (χ1n) is 0.885. The van der Waals surface area contributed by atoms with E-state index in [0.29, 0.717) is 0 Å². The summed E-state index contributed by atoms with van der Waals surface area (Å²) >= 11 is 8.41. The van der Waals surface area contributed by atoms with Crippen LogP contribution in [0.15, 0.2) is 7.47 Å². The van der Waals surface area contributed by atoms with Crippen LogP contribution in [0.4, 0.5) is 0 Å². The van der Waals surface area contributed by atoms with Crippen molar-refractivity contribution in [2.45, 2.75) is 0 Å². The molecular weight excluding hydrogens is 311 g/mol. The summed E-state index contributed by atoms with van der Waals surface area (Å²) in [5, 5.41) is 0. The second kappa shape index (κ2) is 3.61. The Hall–Kier alpha value is 1.43. The molecule has 0 amide bonds. The minimum absolute atomic E-state index is 1.08. The van der Waals surface area contributed by atoms with Crippen LogP contribution in [0, 0.1) is 0 Å². The van der Waals surface area contributed by atoms with Crippen LogP contribution < -0.4 is 0 Å². The largest absolute Gasteiger partial charge is 0.0628 e. The Morgan fingerprint density at radius 3 is 2.00 bits per heavy atom. The normalized spacial score (nSPS) is 12.2. The Morgan fingerprint density at radius 2 is 2.00 bits per heavy atom. The standard InChI is InChI=1S/C2HBr2I/c3-1-2(4)5/h1H/b2-1-. The molecule has 0 heterocycles. The van der Waals surface area contributed by atoms with E-state index in [1.54, 1.807) is 4.99 Å². The topological polar surface area (TPSA) is 0 Å². The summed E-state index contributed by atoms with van der Waals surface area (Å²) in [7, 11) is 0. The van der Waals surface area contributed by atoms with Gasteiger partial charge in [-0.05, 0) is 38.5 Å². The van der Waals surface area contributed by atoms with Crippen molar-refractivity contribution in [1.29, 1.82) is 0 Å². The second-order valence-electron chi connectivity index (χ2n) is 0.399. The minimum atomic E-state index is 1.08. The van der Waals surface area contributed by atoms with Crippen LogP contribution in [0.2, 0.25) is 0 Å². The van der Waals surface area contributed by atoms with Crippen molar-refractivity contribution in [2.24, 2.45) is 0 Å². The predicted octanol–water partition coefficient (Wildman–Crippen LogP) is 3.01. The van der Waals surface area contributed by atoms with E-state index in [4.69, 9.17) is 0 Å². The maximum Gasteiger partial charge on any atom is 0.0628 e. The van der Waals surface area contributed by atoms with E-state index in [2.05, 4.69) is 54.5 Å². The average Bonchev–Trinajstić information content (AvgIpc) is 1.38. The lowest BCUT2D eigenvalue weighted by Crippen LogP contribution is -1.29. The van der Waals surface area contributed by atoms with Crippen molar-refractivity contribution in [3.63, 3.8) is 0 Å². The maximum absolute atomic E-state index is 3.17. The van der Waals surface area contributed by atoms with Crippen molar-refractivity contribution in [2.75, 3.05) is 0 Å². The van der Waals surface area contributed by atoms with Gasteiger partial charge in [-0.15, -0.1) is 0 Å². The summed E-state index contributed by atoms with van der Waals surface area (Å²) in [6.45, 7) is 0. The van der Waals surface area contributed by atoms with E-state index in [0.717, 1.165) is 2.49 Å². The van der Waals surface area contributed by atoms with Gasteiger partial charge in [-0.3, -0.25) is 0 Å². The van der Waals surface area contributed by atoms with E-state index in [9.17, 15) is 0 Å². The Bertz CT molecular complexity index is 45.6. The van der Waals surface area contributed by atoms with Crippen LogP contribution in [0.1, 0.15) is 0 Å². The summed E-state index contributed by atoms with van der Waals surface area (Å²) < 4.78 is 1.08. The monoisotopic (exact) mass is 310 g/mol. The van der Waals surface area contributed by atoms with Crippen LogP contribution in [-0.4, -0.2) is 0 Å². The molecule has 0 aliphatic rings. The second-order valence-corrected chi connectivity index (χ2v) is 4.36. The lowest BCUT2D eigenvalue weighted by atomic mass is 11.3. The molecule has 5 heavy (non-hydrogen) atoms. The molecular formula is C2HBr2I. The Labute approximate surface area is 61.4 Å². The maximum atomic E-state index is 3.17. The fourth-order valence-corrected chi connectivity index (χ4v) is 0. The van der Waals surface area contributed by atoms with Crippen molar-refractivity contribution >= 4 is 54.5 Å². The molecule has 0 aliphatic heterocycles. The quantitative estimate of drug-likeness (QED) is 0.603. The highest BCUT2D eigenvalue weighted by Crippen LogP contribution is 2.14. The Kier molecular flexibility index (Phi) is 4.65. The number of halogens is 3. The van der Waals surface area contributed by atoms with Crippen molar-refractivity contribution < 1.29 is 0 Å². The molecule has 0 aromatic rings. The summed E-state index contributed by atoms with van der Waals surface area (Å²) in [5.74, 6) is 0. The van der Waals surface area contributed by atoms with Crippen LogP contribution in [-0.2, 0) is 0 Å². The van der Waals surface area contributed by atoms with Gasteiger partial charge >= 0.3 is 0 Å². The van der Waals surface area contributed by atoms with Gasteiger partial charge in [0.2, 0.25) is 0 Å². The molecule has 30 valence electrons. The first-order chi connectivity index (χ1) is 2.27. The molecule has 0 unspecified atom stereocenters. The molecule has 0 aromatic carbocycles. The first-order valence-corrected chi connectivity index (χ1v) is 3.67. The van der Waals surface area contributed by atoms with Gasteiger partial charge in [0.25, 0.3) is 0 Å². The van der Waals surface area contributed by atoms with Gasteiger partial charge in [-0.25, -0.2) is 0 Å². The van der Waals surface area contributed by atoms with Crippen molar-refractivity contribution in [3.05, 3.63) is 7.47 Å². The first kappa shape index (κ1) is 6.43. The average molecular weight is 312 g/mol. The number of rotatable bonds is 0. The molecule has 0 N–H and O–H groups in total. The molecule has 0 rings (SSSR count). The van der Waals surface area contributed by atoms with Gasteiger partial charge < -0.3 is 0 Å². The highest BCUT2D eigenvalue weighted by Gasteiger charge is 1.68. The zero-order valence-electron chi connectivity index (χ0n) is 2.21. The zero-order chi connectivity index (χ0) is 4.28. The molecule has 0 saturated carbocycles. The fourth-order valence-electron chi connectivity index (χ4n) is 0. The smallest absolute Gasteiger partial charge is 0.0578 e. The Balaban J connectivity index is 3.14. The van der Waals surface area contributed by atoms with Gasteiger partial charge in [0.05, 0.1) is 2.49 Å².